The third kappa shape index (κ3) is 5.11. The molecule has 0 rings (SSSR count). The normalized spacial score (nSPS) is 14.6. The van der Waals surface area contributed by atoms with E-state index >= 15 is 0 Å². The Balaban J connectivity index is 4.33. The van der Waals surface area contributed by atoms with Crippen LogP contribution >= 0.6 is 0 Å². The predicted octanol–water partition coefficient (Wildman–Crippen LogP) is 1.03. The van der Waals surface area contributed by atoms with Gasteiger partial charge in [0.25, 0.3) is 0 Å². The summed E-state index contributed by atoms with van der Waals surface area (Å²) < 4.78 is 4.46. The minimum absolute atomic E-state index is 0.0859. The molecule has 0 spiro atoms. The summed E-state index contributed by atoms with van der Waals surface area (Å²) in [5.74, 6) is -0.979. The van der Waals surface area contributed by atoms with Gasteiger partial charge in [-0.1, -0.05) is 13.8 Å². The third-order valence-corrected chi connectivity index (χ3v) is 2.54. The first kappa shape index (κ1) is 14.9. The van der Waals surface area contributed by atoms with Crippen molar-refractivity contribution >= 4 is 11.9 Å². The van der Waals surface area contributed by atoms with Crippen LogP contribution in [0.5, 0.6) is 0 Å². The van der Waals surface area contributed by atoms with Gasteiger partial charge in [-0.05, 0) is 25.7 Å². The molecule has 1 atom stereocenters. The monoisotopic (exact) mass is 231 g/mol. The molecule has 5 heteroatoms. The topological polar surface area (TPSA) is 75.6 Å². The molecular formula is C11H21NO4. The molecule has 0 heterocycles. The molecule has 0 aliphatic carbocycles. The average molecular weight is 231 g/mol. The molecule has 0 aromatic rings. The second-order valence-electron chi connectivity index (χ2n) is 4.50. The first-order valence-corrected chi connectivity index (χ1v) is 5.37. The summed E-state index contributed by atoms with van der Waals surface area (Å²) in [7, 11) is 1.27. The number of rotatable bonds is 7. The van der Waals surface area contributed by atoms with Crippen molar-refractivity contribution < 1.29 is 19.4 Å². The summed E-state index contributed by atoms with van der Waals surface area (Å²) in [5.41, 5.74) is -1.07. The maximum atomic E-state index is 11.1. The van der Waals surface area contributed by atoms with Crippen LogP contribution in [0.15, 0.2) is 0 Å². The highest BCUT2D eigenvalue weighted by molar-refractivity contribution is 5.79. The Bertz CT molecular complexity index is 252. The molecule has 0 fully saturated rings. The van der Waals surface area contributed by atoms with E-state index in [9.17, 15) is 9.59 Å². The van der Waals surface area contributed by atoms with Crippen molar-refractivity contribution in [2.24, 2.45) is 5.92 Å². The van der Waals surface area contributed by atoms with E-state index < -0.39 is 17.5 Å². The Morgan fingerprint density at radius 2 is 2.00 bits per heavy atom. The van der Waals surface area contributed by atoms with Crippen LogP contribution in [0, 0.1) is 5.92 Å². The summed E-state index contributed by atoms with van der Waals surface area (Å²) in [4.78, 5) is 22.1. The second kappa shape index (κ2) is 6.48. The Labute approximate surface area is 96.2 Å². The highest BCUT2D eigenvalue weighted by Gasteiger charge is 2.32. The maximum Gasteiger partial charge on any atom is 0.323 e. The zero-order valence-corrected chi connectivity index (χ0v) is 10.4. The third-order valence-electron chi connectivity index (χ3n) is 2.54. The number of carboxylic acid groups (broad SMARTS) is 1. The molecule has 0 saturated carbocycles. The fraction of sp³-hybridized carbons (Fsp3) is 0.818. The standard InChI is InChI=1S/C11H21NO4/c1-8(2)5-6-11(3,10(14)15)12-7-9(13)16-4/h8,12H,5-7H2,1-4H3,(H,14,15). The molecule has 5 nitrogen and oxygen atoms in total. The van der Waals surface area contributed by atoms with Gasteiger partial charge in [0.05, 0.1) is 13.7 Å². The minimum Gasteiger partial charge on any atom is -0.480 e. The lowest BCUT2D eigenvalue weighted by molar-refractivity contribution is -0.146. The van der Waals surface area contributed by atoms with Gasteiger partial charge >= 0.3 is 11.9 Å². The van der Waals surface area contributed by atoms with Gasteiger partial charge < -0.3 is 9.84 Å². The lowest BCUT2D eigenvalue weighted by Crippen LogP contribution is -2.51. The van der Waals surface area contributed by atoms with E-state index in [0.29, 0.717) is 12.3 Å². The molecular weight excluding hydrogens is 210 g/mol. The molecule has 0 amide bonds. The van der Waals surface area contributed by atoms with Gasteiger partial charge in [0.2, 0.25) is 0 Å². The summed E-state index contributed by atoms with van der Waals surface area (Å²) in [6.45, 7) is 5.56. The number of carbonyl (C=O) groups is 2. The quantitative estimate of drug-likeness (QED) is 0.640. The van der Waals surface area contributed by atoms with E-state index in [4.69, 9.17) is 5.11 Å². The molecule has 2 N–H and O–H groups in total. The van der Waals surface area contributed by atoms with Crippen molar-refractivity contribution in [1.82, 2.24) is 5.32 Å². The van der Waals surface area contributed by atoms with Crippen LogP contribution in [0.3, 0.4) is 0 Å². The van der Waals surface area contributed by atoms with Gasteiger partial charge in [-0.25, -0.2) is 0 Å². The Hall–Kier alpha value is -1.10. The van der Waals surface area contributed by atoms with Crippen molar-refractivity contribution in [2.75, 3.05) is 13.7 Å². The van der Waals surface area contributed by atoms with Crippen LogP contribution in [0.4, 0.5) is 0 Å². The van der Waals surface area contributed by atoms with Gasteiger partial charge in [-0.3, -0.25) is 14.9 Å². The number of hydrogen-bond acceptors (Lipinski definition) is 4. The van der Waals surface area contributed by atoms with Crippen LogP contribution in [0.1, 0.15) is 33.6 Å². The SMILES string of the molecule is COC(=O)CNC(C)(CCC(C)C)C(=O)O. The number of carbonyl (C=O) groups excluding carboxylic acids is 1. The molecule has 1 unspecified atom stereocenters. The highest BCUT2D eigenvalue weighted by Crippen LogP contribution is 2.16. The van der Waals surface area contributed by atoms with E-state index in [1.807, 2.05) is 13.8 Å². The smallest absolute Gasteiger partial charge is 0.323 e. The van der Waals surface area contributed by atoms with Gasteiger partial charge in [0.15, 0.2) is 0 Å². The lowest BCUT2D eigenvalue weighted by Gasteiger charge is -2.26. The first-order chi connectivity index (χ1) is 7.31. The molecule has 16 heavy (non-hydrogen) atoms. The molecule has 0 aliphatic rings. The number of aliphatic carboxylic acids is 1. The summed E-state index contributed by atoms with van der Waals surface area (Å²) in [6, 6.07) is 0. The van der Waals surface area contributed by atoms with E-state index in [2.05, 4.69) is 10.1 Å². The first-order valence-electron chi connectivity index (χ1n) is 5.37. The zero-order valence-electron chi connectivity index (χ0n) is 10.4. The number of methoxy groups -OCH3 is 1. The molecule has 0 bridgehead atoms. The highest BCUT2D eigenvalue weighted by atomic mass is 16.5. The van der Waals surface area contributed by atoms with Crippen molar-refractivity contribution in [3.63, 3.8) is 0 Å². The Morgan fingerprint density at radius 3 is 2.38 bits per heavy atom. The minimum atomic E-state index is -1.07. The average Bonchev–Trinajstić information content (AvgIpc) is 2.22. The summed E-state index contributed by atoms with van der Waals surface area (Å²) in [5, 5.41) is 11.8. The lowest BCUT2D eigenvalue weighted by atomic mass is 9.92. The molecule has 0 saturated heterocycles. The maximum absolute atomic E-state index is 11.1. The molecule has 0 radical (unpaired) electrons. The van der Waals surface area contributed by atoms with Crippen molar-refractivity contribution in [3.05, 3.63) is 0 Å². The molecule has 0 aliphatic heterocycles. The van der Waals surface area contributed by atoms with Crippen LogP contribution < -0.4 is 5.32 Å². The fourth-order valence-corrected chi connectivity index (χ4v) is 1.19. The van der Waals surface area contributed by atoms with Crippen LogP contribution in [-0.4, -0.2) is 36.2 Å². The van der Waals surface area contributed by atoms with Crippen molar-refractivity contribution in [2.45, 2.75) is 39.2 Å². The van der Waals surface area contributed by atoms with Crippen LogP contribution in [0.2, 0.25) is 0 Å². The second-order valence-corrected chi connectivity index (χ2v) is 4.50. The number of hydrogen-bond donors (Lipinski definition) is 2. The summed E-state index contributed by atoms with van der Waals surface area (Å²) >= 11 is 0. The number of carboxylic acids is 1. The number of nitrogens with one attached hydrogen (secondary N) is 1. The molecule has 94 valence electrons. The van der Waals surface area contributed by atoms with E-state index in [1.165, 1.54) is 7.11 Å². The van der Waals surface area contributed by atoms with Crippen molar-refractivity contribution in [3.8, 4) is 0 Å². The van der Waals surface area contributed by atoms with Gasteiger partial charge in [0.1, 0.15) is 5.54 Å². The Morgan fingerprint density at radius 1 is 1.44 bits per heavy atom. The van der Waals surface area contributed by atoms with Crippen LogP contribution in [-0.2, 0) is 14.3 Å². The van der Waals surface area contributed by atoms with Crippen molar-refractivity contribution in [1.29, 1.82) is 0 Å². The van der Waals surface area contributed by atoms with E-state index in [1.54, 1.807) is 6.92 Å². The van der Waals surface area contributed by atoms with E-state index in [0.717, 1.165) is 6.42 Å². The fourth-order valence-electron chi connectivity index (χ4n) is 1.19. The molecule has 0 aromatic heterocycles. The molecule has 0 aromatic carbocycles. The number of ether oxygens (including phenoxy) is 1. The number of esters is 1. The Kier molecular flexibility index (Phi) is 6.03. The largest absolute Gasteiger partial charge is 0.480 e. The van der Waals surface area contributed by atoms with Gasteiger partial charge in [0, 0.05) is 0 Å². The summed E-state index contributed by atoms with van der Waals surface area (Å²) in [6.07, 6.45) is 1.27. The van der Waals surface area contributed by atoms with E-state index in [-0.39, 0.29) is 6.54 Å². The van der Waals surface area contributed by atoms with Crippen LogP contribution in [0.25, 0.3) is 0 Å². The van der Waals surface area contributed by atoms with Gasteiger partial charge in [-0.2, -0.15) is 0 Å². The van der Waals surface area contributed by atoms with Gasteiger partial charge in [-0.15, -0.1) is 0 Å². The predicted molar refractivity (Wildman–Crippen MR) is 60.1 cm³/mol. The zero-order chi connectivity index (χ0) is 12.8.